The molecule has 4 nitrogen and oxygen atoms in total. The number of ether oxygens (including phenoxy) is 1. The van der Waals surface area contributed by atoms with Crippen molar-refractivity contribution in [3.63, 3.8) is 0 Å². The predicted molar refractivity (Wildman–Crippen MR) is 64.8 cm³/mol. The van der Waals surface area contributed by atoms with Crippen LogP contribution in [0.3, 0.4) is 0 Å². The summed E-state index contributed by atoms with van der Waals surface area (Å²) >= 11 is 0. The molecule has 1 aliphatic heterocycles. The van der Waals surface area contributed by atoms with Crippen molar-refractivity contribution in [1.29, 1.82) is 0 Å². The predicted octanol–water partition coefficient (Wildman–Crippen LogP) is 1.94. The van der Waals surface area contributed by atoms with Crippen molar-refractivity contribution < 1.29 is 9.53 Å². The molecule has 0 fully saturated rings. The maximum Gasteiger partial charge on any atom is 0.313 e. The van der Waals surface area contributed by atoms with Crippen LogP contribution in [0, 0.1) is 0 Å². The Morgan fingerprint density at radius 3 is 3.29 bits per heavy atom. The minimum Gasteiger partial charge on any atom is -0.469 e. The Morgan fingerprint density at radius 1 is 1.59 bits per heavy atom. The number of rotatable bonds is 1. The van der Waals surface area contributed by atoms with Gasteiger partial charge in [0.25, 0.3) is 0 Å². The Labute approximate surface area is 98.9 Å². The highest BCUT2D eigenvalue weighted by molar-refractivity contribution is 5.88. The van der Waals surface area contributed by atoms with Crippen LogP contribution in [0.25, 0.3) is 5.57 Å². The van der Waals surface area contributed by atoms with Crippen LogP contribution in [0.5, 0.6) is 0 Å². The normalized spacial score (nSPS) is 20.5. The molecule has 1 aliphatic carbocycles. The van der Waals surface area contributed by atoms with E-state index in [1.54, 1.807) is 12.5 Å². The zero-order valence-corrected chi connectivity index (χ0v) is 9.46. The lowest BCUT2D eigenvalue weighted by Gasteiger charge is -2.20. The van der Waals surface area contributed by atoms with Gasteiger partial charge in [-0.2, -0.15) is 0 Å². The highest BCUT2D eigenvalue weighted by Gasteiger charge is 2.29. The Balaban J connectivity index is 2.15. The van der Waals surface area contributed by atoms with Crippen molar-refractivity contribution in [2.45, 2.75) is 12.3 Å². The number of hydrogen-bond acceptors (Lipinski definition) is 3. The first kappa shape index (κ1) is 10.1. The smallest absolute Gasteiger partial charge is 0.313 e. The molecular weight excluding hydrogens is 216 g/mol. The highest BCUT2D eigenvalue weighted by Crippen LogP contribution is 2.36. The van der Waals surface area contributed by atoms with Gasteiger partial charge in [-0.1, -0.05) is 6.08 Å². The molecule has 0 N–H and O–H groups in total. The number of esters is 1. The number of hydrogen-bond donors (Lipinski definition) is 0. The average molecular weight is 228 g/mol. The molecule has 1 atom stereocenters. The number of allylic oxidation sites excluding steroid dienone is 3. The van der Waals surface area contributed by atoms with Crippen molar-refractivity contribution >= 4 is 17.9 Å². The Bertz CT molecular complexity index is 564. The molecule has 0 radical (unpaired) electrons. The van der Waals surface area contributed by atoms with Crippen LogP contribution >= 0.6 is 0 Å². The van der Waals surface area contributed by atoms with E-state index in [4.69, 9.17) is 4.74 Å². The third-order valence-electron chi connectivity index (χ3n) is 3.19. The lowest BCUT2D eigenvalue weighted by molar-refractivity contribution is -0.142. The molecule has 2 heterocycles. The van der Waals surface area contributed by atoms with Crippen molar-refractivity contribution in [3.8, 4) is 0 Å². The van der Waals surface area contributed by atoms with Gasteiger partial charge in [0.1, 0.15) is 0 Å². The van der Waals surface area contributed by atoms with Gasteiger partial charge < -0.3 is 9.30 Å². The Hall–Kier alpha value is -2.10. The first-order valence-corrected chi connectivity index (χ1v) is 5.50. The summed E-state index contributed by atoms with van der Waals surface area (Å²) in [7, 11) is 1.43. The van der Waals surface area contributed by atoms with E-state index in [0.29, 0.717) is 6.42 Å². The van der Waals surface area contributed by atoms with Gasteiger partial charge in [0.15, 0.2) is 0 Å². The maximum atomic E-state index is 11.7. The summed E-state index contributed by atoms with van der Waals surface area (Å²) in [5, 5.41) is 0. The van der Waals surface area contributed by atoms with Gasteiger partial charge >= 0.3 is 5.97 Å². The van der Waals surface area contributed by atoms with E-state index in [2.05, 4.69) is 11.1 Å². The van der Waals surface area contributed by atoms with Crippen LogP contribution in [0.1, 0.15) is 23.6 Å². The molecule has 1 unspecified atom stereocenters. The summed E-state index contributed by atoms with van der Waals surface area (Å²) in [6, 6.07) is 1.97. The SMILES string of the molecule is COC(=O)C1CC=C2C=CN=Cn3ccc1c32. The van der Waals surface area contributed by atoms with E-state index in [1.807, 2.05) is 22.9 Å². The van der Waals surface area contributed by atoms with Crippen LogP contribution in [-0.2, 0) is 9.53 Å². The fourth-order valence-electron chi connectivity index (χ4n) is 2.37. The third kappa shape index (κ3) is 1.45. The summed E-state index contributed by atoms with van der Waals surface area (Å²) in [5.41, 5.74) is 3.18. The summed E-state index contributed by atoms with van der Waals surface area (Å²) in [6.45, 7) is 0. The molecular formula is C13H12N2O2. The summed E-state index contributed by atoms with van der Waals surface area (Å²) in [4.78, 5) is 15.9. The van der Waals surface area contributed by atoms with Crippen molar-refractivity contribution in [1.82, 2.24) is 4.57 Å². The molecule has 86 valence electrons. The van der Waals surface area contributed by atoms with Gasteiger partial charge in [-0.05, 0) is 29.7 Å². The van der Waals surface area contributed by atoms with E-state index < -0.39 is 0 Å². The van der Waals surface area contributed by atoms with Crippen molar-refractivity contribution in [2.75, 3.05) is 7.11 Å². The van der Waals surface area contributed by atoms with E-state index in [9.17, 15) is 4.79 Å². The van der Waals surface area contributed by atoms with Crippen LogP contribution in [0.15, 0.2) is 35.6 Å². The number of carbonyl (C=O) groups is 1. The number of nitrogens with zero attached hydrogens (tertiary/aromatic N) is 2. The highest BCUT2D eigenvalue weighted by atomic mass is 16.5. The van der Waals surface area contributed by atoms with Gasteiger partial charge in [-0.3, -0.25) is 4.79 Å². The van der Waals surface area contributed by atoms with Crippen molar-refractivity contribution in [3.05, 3.63) is 41.9 Å². The molecule has 0 amide bonds. The lowest BCUT2D eigenvalue weighted by atomic mass is 9.87. The van der Waals surface area contributed by atoms with E-state index >= 15 is 0 Å². The van der Waals surface area contributed by atoms with Gasteiger partial charge in [0.2, 0.25) is 0 Å². The second kappa shape index (κ2) is 3.73. The number of methoxy groups -OCH3 is 1. The largest absolute Gasteiger partial charge is 0.469 e. The second-order valence-electron chi connectivity index (χ2n) is 4.08. The van der Waals surface area contributed by atoms with E-state index in [-0.39, 0.29) is 11.9 Å². The zero-order chi connectivity index (χ0) is 11.8. The van der Waals surface area contributed by atoms with Crippen LogP contribution in [0.4, 0.5) is 0 Å². The molecule has 1 aromatic heterocycles. The molecule has 0 spiro atoms. The topological polar surface area (TPSA) is 43.6 Å². The molecule has 0 aromatic carbocycles. The monoisotopic (exact) mass is 228 g/mol. The molecule has 2 aliphatic rings. The minimum absolute atomic E-state index is 0.181. The lowest BCUT2D eigenvalue weighted by Crippen LogP contribution is -2.18. The number of aromatic nitrogens is 1. The summed E-state index contributed by atoms with van der Waals surface area (Å²) in [5.74, 6) is -0.376. The molecule has 4 heteroatoms. The summed E-state index contributed by atoms with van der Waals surface area (Å²) in [6.07, 6.45) is 10.1. The second-order valence-corrected chi connectivity index (χ2v) is 4.08. The first-order valence-electron chi connectivity index (χ1n) is 5.50. The summed E-state index contributed by atoms with van der Waals surface area (Å²) < 4.78 is 6.79. The molecule has 17 heavy (non-hydrogen) atoms. The minimum atomic E-state index is -0.195. The Morgan fingerprint density at radius 2 is 2.47 bits per heavy atom. The fourth-order valence-corrected chi connectivity index (χ4v) is 2.37. The quantitative estimate of drug-likeness (QED) is 0.689. The Kier molecular flexibility index (Phi) is 2.21. The maximum absolute atomic E-state index is 11.7. The molecule has 0 bridgehead atoms. The van der Waals surface area contributed by atoms with Crippen LogP contribution < -0.4 is 0 Å². The van der Waals surface area contributed by atoms with E-state index in [1.165, 1.54) is 7.11 Å². The van der Waals surface area contributed by atoms with Crippen molar-refractivity contribution in [2.24, 2.45) is 4.99 Å². The molecule has 0 saturated heterocycles. The van der Waals surface area contributed by atoms with E-state index in [0.717, 1.165) is 16.8 Å². The zero-order valence-electron chi connectivity index (χ0n) is 9.46. The molecule has 3 rings (SSSR count). The van der Waals surface area contributed by atoms with Crippen LogP contribution in [-0.4, -0.2) is 24.0 Å². The number of aliphatic imine (C=N–C) groups is 1. The molecule has 1 aromatic rings. The standard InChI is InChI=1S/C13H12N2O2/c1-17-13(16)11-3-2-9-4-6-14-8-15-7-5-10(11)12(9)15/h2,4-8,11H,3H2,1H3. The van der Waals surface area contributed by atoms with Gasteiger partial charge in [0.05, 0.1) is 25.1 Å². The van der Waals surface area contributed by atoms with Gasteiger partial charge in [-0.25, -0.2) is 4.99 Å². The first-order chi connectivity index (χ1) is 8.31. The number of carbonyl (C=O) groups excluding carboxylic acids is 1. The van der Waals surface area contributed by atoms with Gasteiger partial charge in [-0.15, -0.1) is 0 Å². The average Bonchev–Trinajstić information content (AvgIpc) is 2.66. The van der Waals surface area contributed by atoms with Gasteiger partial charge in [0, 0.05) is 12.4 Å². The third-order valence-corrected chi connectivity index (χ3v) is 3.19. The molecule has 0 saturated carbocycles. The fraction of sp³-hybridized carbons (Fsp3) is 0.231. The van der Waals surface area contributed by atoms with Crippen LogP contribution in [0.2, 0.25) is 0 Å².